The molecule has 0 aromatic heterocycles. The van der Waals surface area contributed by atoms with Gasteiger partial charge in [-0.05, 0) is 48.5 Å². The Hall–Kier alpha value is -1.81. The molecule has 2 rings (SSSR count). The van der Waals surface area contributed by atoms with Crippen molar-refractivity contribution in [2.75, 3.05) is 19.0 Å². The standard InChI is InChI=1S/C17H21N3S/c1-13(2)21-17-11-7-15(8-12-17)19-18-14-5-9-16(10-6-14)20(3)4/h5-13H,1-4H3. The summed E-state index contributed by atoms with van der Waals surface area (Å²) >= 11 is 1.85. The van der Waals surface area contributed by atoms with Crippen LogP contribution >= 0.6 is 11.8 Å². The van der Waals surface area contributed by atoms with Crippen molar-refractivity contribution in [1.29, 1.82) is 0 Å². The van der Waals surface area contributed by atoms with Crippen molar-refractivity contribution in [1.82, 2.24) is 0 Å². The minimum Gasteiger partial charge on any atom is -0.378 e. The second kappa shape index (κ2) is 7.27. The summed E-state index contributed by atoms with van der Waals surface area (Å²) in [6, 6.07) is 16.2. The van der Waals surface area contributed by atoms with Crippen molar-refractivity contribution in [3.8, 4) is 0 Å². The number of nitrogens with zero attached hydrogens (tertiary/aromatic N) is 3. The summed E-state index contributed by atoms with van der Waals surface area (Å²) in [6.45, 7) is 4.38. The highest BCUT2D eigenvalue weighted by Gasteiger charge is 1.98. The van der Waals surface area contributed by atoms with E-state index in [0.29, 0.717) is 5.25 Å². The first-order valence-electron chi connectivity index (χ1n) is 7.00. The number of hydrogen-bond donors (Lipinski definition) is 0. The highest BCUT2D eigenvalue weighted by atomic mass is 32.2. The van der Waals surface area contributed by atoms with E-state index >= 15 is 0 Å². The Labute approximate surface area is 131 Å². The number of benzene rings is 2. The van der Waals surface area contributed by atoms with Crippen LogP contribution in [0.15, 0.2) is 63.7 Å². The minimum atomic E-state index is 0.590. The van der Waals surface area contributed by atoms with Crippen molar-refractivity contribution in [3.05, 3.63) is 48.5 Å². The van der Waals surface area contributed by atoms with E-state index in [0.717, 1.165) is 17.1 Å². The molecular formula is C17H21N3S. The van der Waals surface area contributed by atoms with Crippen LogP contribution in [0, 0.1) is 0 Å². The van der Waals surface area contributed by atoms with Gasteiger partial charge in [-0.3, -0.25) is 0 Å². The van der Waals surface area contributed by atoms with E-state index in [1.165, 1.54) is 4.90 Å². The van der Waals surface area contributed by atoms with Crippen LogP contribution < -0.4 is 4.90 Å². The molecule has 0 saturated heterocycles. The second-order valence-corrected chi connectivity index (χ2v) is 6.92. The third-order valence-electron chi connectivity index (χ3n) is 2.86. The van der Waals surface area contributed by atoms with Crippen LogP contribution in [-0.4, -0.2) is 19.3 Å². The first-order chi connectivity index (χ1) is 10.0. The third kappa shape index (κ3) is 4.90. The van der Waals surface area contributed by atoms with Gasteiger partial charge in [-0.25, -0.2) is 0 Å². The highest BCUT2D eigenvalue weighted by molar-refractivity contribution is 7.99. The maximum absolute atomic E-state index is 4.27. The summed E-state index contributed by atoms with van der Waals surface area (Å²) < 4.78 is 0. The number of anilines is 1. The van der Waals surface area contributed by atoms with Gasteiger partial charge < -0.3 is 4.90 Å². The molecule has 2 aromatic carbocycles. The number of azo groups is 1. The van der Waals surface area contributed by atoms with Crippen molar-refractivity contribution in [2.24, 2.45) is 10.2 Å². The van der Waals surface area contributed by atoms with E-state index in [4.69, 9.17) is 0 Å². The largest absolute Gasteiger partial charge is 0.378 e. The third-order valence-corrected chi connectivity index (χ3v) is 3.87. The zero-order valence-electron chi connectivity index (χ0n) is 12.9. The van der Waals surface area contributed by atoms with Crippen molar-refractivity contribution < 1.29 is 0 Å². The van der Waals surface area contributed by atoms with Crippen LogP contribution in [0.1, 0.15) is 13.8 Å². The molecule has 0 amide bonds. The number of thioether (sulfide) groups is 1. The summed E-state index contributed by atoms with van der Waals surface area (Å²) in [6.07, 6.45) is 0. The molecule has 3 nitrogen and oxygen atoms in total. The van der Waals surface area contributed by atoms with Gasteiger partial charge in [0.2, 0.25) is 0 Å². The average molecular weight is 299 g/mol. The fourth-order valence-electron chi connectivity index (χ4n) is 1.80. The molecule has 0 radical (unpaired) electrons. The monoisotopic (exact) mass is 299 g/mol. The van der Waals surface area contributed by atoms with Crippen LogP contribution in [0.5, 0.6) is 0 Å². The van der Waals surface area contributed by atoms with Gasteiger partial charge in [0.15, 0.2) is 0 Å². The minimum absolute atomic E-state index is 0.590. The lowest BCUT2D eigenvalue weighted by Gasteiger charge is -2.11. The molecular weight excluding hydrogens is 278 g/mol. The Bertz CT molecular complexity index is 586. The SMILES string of the molecule is CC(C)Sc1ccc(N=Nc2ccc(N(C)C)cc2)cc1. The van der Waals surface area contributed by atoms with Crippen molar-refractivity contribution in [2.45, 2.75) is 24.0 Å². The lowest BCUT2D eigenvalue weighted by Crippen LogP contribution is -2.07. The van der Waals surface area contributed by atoms with E-state index in [-0.39, 0.29) is 0 Å². The van der Waals surface area contributed by atoms with Crippen LogP contribution in [0.25, 0.3) is 0 Å². The number of hydrogen-bond acceptors (Lipinski definition) is 4. The van der Waals surface area contributed by atoms with Crippen LogP contribution in [0.4, 0.5) is 17.1 Å². The highest BCUT2D eigenvalue weighted by Crippen LogP contribution is 2.26. The topological polar surface area (TPSA) is 28.0 Å². The van der Waals surface area contributed by atoms with E-state index in [2.05, 4.69) is 41.1 Å². The zero-order chi connectivity index (χ0) is 15.2. The van der Waals surface area contributed by atoms with Crippen LogP contribution in [-0.2, 0) is 0 Å². The molecule has 0 fully saturated rings. The summed E-state index contributed by atoms with van der Waals surface area (Å²) in [5.74, 6) is 0. The fourth-order valence-corrected chi connectivity index (χ4v) is 2.63. The average Bonchev–Trinajstić information content (AvgIpc) is 2.46. The lowest BCUT2D eigenvalue weighted by atomic mass is 10.3. The number of rotatable bonds is 5. The molecule has 0 bridgehead atoms. The van der Waals surface area contributed by atoms with Crippen molar-refractivity contribution in [3.63, 3.8) is 0 Å². The van der Waals surface area contributed by atoms with Gasteiger partial charge in [-0.1, -0.05) is 13.8 Å². The van der Waals surface area contributed by atoms with E-state index in [1.54, 1.807) is 0 Å². The molecule has 110 valence electrons. The molecule has 0 unspecified atom stereocenters. The van der Waals surface area contributed by atoms with E-state index < -0.39 is 0 Å². The van der Waals surface area contributed by atoms with E-state index in [9.17, 15) is 0 Å². The van der Waals surface area contributed by atoms with Crippen LogP contribution in [0.3, 0.4) is 0 Å². The Morgan fingerprint density at radius 2 is 1.29 bits per heavy atom. The predicted octanol–water partition coefficient (Wildman–Crippen LogP) is 5.67. The summed E-state index contributed by atoms with van der Waals surface area (Å²) in [7, 11) is 4.04. The van der Waals surface area contributed by atoms with Gasteiger partial charge in [0.1, 0.15) is 0 Å². The van der Waals surface area contributed by atoms with Crippen molar-refractivity contribution >= 4 is 28.8 Å². The van der Waals surface area contributed by atoms with Gasteiger partial charge in [0, 0.05) is 29.9 Å². The molecule has 0 saturated carbocycles. The predicted molar refractivity (Wildman–Crippen MR) is 92.4 cm³/mol. The van der Waals surface area contributed by atoms with Gasteiger partial charge in [-0.15, -0.1) is 11.8 Å². The summed E-state index contributed by atoms with van der Waals surface area (Å²) in [5, 5.41) is 9.13. The molecule has 0 aliphatic carbocycles. The van der Waals surface area contributed by atoms with Gasteiger partial charge >= 0.3 is 0 Å². The molecule has 0 heterocycles. The smallest absolute Gasteiger partial charge is 0.0858 e. The Kier molecular flexibility index (Phi) is 5.39. The zero-order valence-corrected chi connectivity index (χ0v) is 13.8. The van der Waals surface area contributed by atoms with Crippen LogP contribution in [0.2, 0.25) is 0 Å². The molecule has 4 heteroatoms. The normalized spacial score (nSPS) is 11.3. The van der Waals surface area contributed by atoms with Gasteiger partial charge in [-0.2, -0.15) is 10.2 Å². The molecule has 0 atom stereocenters. The maximum atomic E-state index is 4.27. The van der Waals surface area contributed by atoms with Gasteiger partial charge in [0.25, 0.3) is 0 Å². The maximum Gasteiger partial charge on any atom is 0.0858 e. The fraction of sp³-hybridized carbons (Fsp3) is 0.294. The first-order valence-corrected chi connectivity index (χ1v) is 7.88. The molecule has 0 aliphatic rings. The lowest BCUT2D eigenvalue weighted by molar-refractivity contribution is 1.11. The summed E-state index contributed by atoms with van der Waals surface area (Å²) in [5.41, 5.74) is 2.89. The Morgan fingerprint density at radius 1 is 0.810 bits per heavy atom. The first kappa shape index (κ1) is 15.6. The molecule has 21 heavy (non-hydrogen) atoms. The van der Waals surface area contributed by atoms with E-state index in [1.807, 2.05) is 62.3 Å². The summed E-state index contributed by atoms with van der Waals surface area (Å²) in [4.78, 5) is 3.32. The second-order valence-electron chi connectivity index (χ2n) is 5.27. The Balaban J connectivity index is 2.03. The Morgan fingerprint density at radius 3 is 1.71 bits per heavy atom. The molecule has 0 aliphatic heterocycles. The van der Waals surface area contributed by atoms with Gasteiger partial charge in [0.05, 0.1) is 11.4 Å². The quantitative estimate of drug-likeness (QED) is 0.525. The molecule has 0 N–H and O–H groups in total. The molecule has 0 spiro atoms. The molecule has 2 aromatic rings.